The first-order chi connectivity index (χ1) is 10.2. The zero-order valence-corrected chi connectivity index (χ0v) is 12.5. The Hall–Kier alpha value is -2.18. The van der Waals surface area contributed by atoms with Crippen molar-refractivity contribution in [2.75, 3.05) is 18.4 Å². The van der Waals surface area contributed by atoms with E-state index in [1.807, 2.05) is 18.9 Å². The van der Waals surface area contributed by atoms with Gasteiger partial charge in [-0.05, 0) is 19.8 Å². The smallest absolute Gasteiger partial charge is 0.222 e. The van der Waals surface area contributed by atoms with Crippen LogP contribution in [0.2, 0.25) is 0 Å². The monoisotopic (exact) mass is 288 g/mol. The molecule has 3 rings (SSSR count). The van der Waals surface area contributed by atoms with Crippen molar-refractivity contribution < 1.29 is 4.79 Å². The van der Waals surface area contributed by atoms with Crippen LogP contribution in [-0.4, -0.2) is 43.6 Å². The standard InChI is InChI=1S/C14H20N6O/c1-3-15-13-10-8-16-19(2)14(10)18-11(17-13)9-20-7-5-4-6-12(20)21/h8H,3-7,9H2,1-2H3,(H,15,17,18). The minimum atomic E-state index is 0.194. The number of piperidine rings is 1. The van der Waals surface area contributed by atoms with Gasteiger partial charge in [0.15, 0.2) is 11.5 Å². The van der Waals surface area contributed by atoms with Crippen LogP contribution in [0.5, 0.6) is 0 Å². The van der Waals surface area contributed by atoms with Gasteiger partial charge < -0.3 is 10.2 Å². The summed E-state index contributed by atoms with van der Waals surface area (Å²) in [7, 11) is 1.86. The van der Waals surface area contributed by atoms with E-state index in [2.05, 4.69) is 20.4 Å². The third-order valence-corrected chi connectivity index (χ3v) is 3.74. The zero-order valence-electron chi connectivity index (χ0n) is 12.5. The summed E-state index contributed by atoms with van der Waals surface area (Å²) in [6, 6.07) is 0. The van der Waals surface area contributed by atoms with Crippen LogP contribution in [0.4, 0.5) is 5.82 Å². The predicted molar refractivity (Wildman–Crippen MR) is 79.7 cm³/mol. The SMILES string of the molecule is CCNc1nc(CN2CCCCC2=O)nc2c1cnn2C. The molecule has 0 aromatic carbocycles. The number of likely N-dealkylation sites (tertiary alicyclic amines) is 1. The second kappa shape index (κ2) is 5.67. The lowest BCUT2D eigenvalue weighted by Crippen LogP contribution is -2.35. The van der Waals surface area contributed by atoms with E-state index in [-0.39, 0.29) is 5.91 Å². The number of hydrogen-bond donors (Lipinski definition) is 1. The van der Waals surface area contributed by atoms with Crippen molar-refractivity contribution in [3.63, 3.8) is 0 Å². The lowest BCUT2D eigenvalue weighted by atomic mass is 10.1. The molecule has 1 saturated heterocycles. The van der Waals surface area contributed by atoms with E-state index in [9.17, 15) is 4.79 Å². The van der Waals surface area contributed by atoms with Crippen LogP contribution in [-0.2, 0) is 18.4 Å². The molecule has 1 fully saturated rings. The Bertz CT molecular complexity index is 665. The molecule has 1 N–H and O–H groups in total. The minimum absolute atomic E-state index is 0.194. The van der Waals surface area contributed by atoms with Gasteiger partial charge in [0.1, 0.15) is 5.82 Å². The van der Waals surface area contributed by atoms with Crippen molar-refractivity contribution in [3.05, 3.63) is 12.0 Å². The molecule has 1 aliphatic heterocycles. The van der Waals surface area contributed by atoms with Crippen LogP contribution < -0.4 is 5.32 Å². The van der Waals surface area contributed by atoms with Crippen molar-refractivity contribution in [2.45, 2.75) is 32.7 Å². The highest BCUT2D eigenvalue weighted by atomic mass is 16.2. The quantitative estimate of drug-likeness (QED) is 0.918. The number of rotatable bonds is 4. The second-order valence-electron chi connectivity index (χ2n) is 5.30. The van der Waals surface area contributed by atoms with Crippen LogP contribution in [0.1, 0.15) is 32.0 Å². The molecule has 21 heavy (non-hydrogen) atoms. The van der Waals surface area contributed by atoms with E-state index >= 15 is 0 Å². The van der Waals surface area contributed by atoms with E-state index in [1.54, 1.807) is 10.9 Å². The molecule has 7 nitrogen and oxygen atoms in total. The third-order valence-electron chi connectivity index (χ3n) is 3.74. The summed E-state index contributed by atoms with van der Waals surface area (Å²) in [5.41, 5.74) is 0.792. The number of aromatic nitrogens is 4. The number of carbonyl (C=O) groups is 1. The molecule has 1 amide bonds. The molecule has 7 heteroatoms. The number of hydrogen-bond acceptors (Lipinski definition) is 5. The molecular formula is C14H20N6O. The van der Waals surface area contributed by atoms with Gasteiger partial charge in [0, 0.05) is 26.6 Å². The van der Waals surface area contributed by atoms with Crippen LogP contribution in [0.3, 0.4) is 0 Å². The normalized spacial score (nSPS) is 15.7. The fourth-order valence-corrected chi connectivity index (χ4v) is 2.64. The molecule has 2 aromatic heterocycles. The summed E-state index contributed by atoms with van der Waals surface area (Å²) in [4.78, 5) is 22.9. The second-order valence-corrected chi connectivity index (χ2v) is 5.30. The van der Waals surface area contributed by atoms with Crippen molar-refractivity contribution in [2.24, 2.45) is 7.05 Å². The van der Waals surface area contributed by atoms with Crippen LogP contribution in [0, 0.1) is 0 Å². The fraction of sp³-hybridized carbons (Fsp3) is 0.571. The van der Waals surface area contributed by atoms with Crippen LogP contribution >= 0.6 is 0 Å². The van der Waals surface area contributed by atoms with E-state index in [1.165, 1.54) is 0 Å². The number of nitrogens with one attached hydrogen (secondary N) is 1. The summed E-state index contributed by atoms with van der Waals surface area (Å²) in [6.45, 7) is 4.07. The number of fused-ring (bicyclic) bond motifs is 1. The largest absolute Gasteiger partial charge is 0.370 e. The lowest BCUT2D eigenvalue weighted by Gasteiger charge is -2.26. The summed E-state index contributed by atoms with van der Waals surface area (Å²) >= 11 is 0. The summed E-state index contributed by atoms with van der Waals surface area (Å²) in [6.07, 6.45) is 4.44. The Kier molecular flexibility index (Phi) is 3.72. The molecule has 1 aliphatic rings. The predicted octanol–water partition coefficient (Wildman–Crippen LogP) is 1.31. The average molecular weight is 288 g/mol. The van der Waals surface area contributed by atoms with Crippen molar-refractivity contribution in [1.82, 2.24) is 24.6 Å². The molecule has 2 aromatic rings. The van der Waals surface area contributed by atoms with E-state index in [0.717, 1.165) is 42.8 Å². The molecule has 0 bridgehead atoms. The van der Waals surface area contributed by atoms with Gasteiger partial charge in [0.05, 0.1) is 18.1 Å². The highest BCUT2D eigenvalue weighted by Crippen LogP contribution is 2.21. The van der Waals surface area contributed by atoms with Gasteiger partial charge in [0.2, 0.25) is 5.91 Å². The van der Waals surface area contributed by atoms with E-state index in [4.69, 9.17) is 0 Å². The zero-order chi connectivity index (χ0) is 14.8. The molecule has 0 unspecified atom stereocenters. The summed E-state index contributed by atoms with van der Waals surface area (Å²) in [5, 5.41) is 8.39. The van der Waals surface area contributed by atoms with E-state index in [0.29, 0.717) is 18.8 Å². The Morgan fingerprint density at radius 2 is 2.19 bits per heavy atom. The first-order valence-corrected chi connectivity index (χ1v) is 7.39. The van der Waals surface area contributed by atoms with Gasteiger partial charge in [0.25, 0.3) is 0 Å². The molecule has 0 radical (unpaired) electrons. The topological polar surface area (TPSA) is 75.9 Å². The first-order valence-electron chi connectivity index (χ1n) is 7.39. The number of carbonyl (C=O) groups excluding carboxylic acids is 1. The summed E-state index contributed by atoms with van der Waals surface area (Å²) < 4.78 is 1.74. The maximum absolute atomic E-state index is 11.9. The average Bonchev–Trinajstić information content (AvgIpc) is 2.84. The van der Waals surface area contributed by atoms with Gasteiger partial charge in [-0.2, -0.15) is 5.10 Å². The highest BCUT2D eigenvalue weighted by molar-refractivity contribution is 5.86. The molecule has 0 spiro atoms. The molecule has 3 heterocycles. The maximum Gasteiger partial charge on any atom is 0.222 e. The van der Waals surface area contributed by atoms with Crippen LogP contribution in [0.15, 0.2) is 6.20 Å². The Labute approximate surface area is 123 Å². The summed E-state index contributed by atoms with van der Waals surface area (Å²) in [5.74, 6) is 1.65. The Morgan fingerprint density at radius 3 is 2.95 bits per heavy atom. The highest BCUT2D eigenvalue weighted by Gasteiger charge is 2.20. The van der Waals surface area contributed by atoms with Crippen molar-refractivity contribution in [1.29, 1.82) is 0 Å². The molecular weight excluding hydrogens is 268 g/mol. The molecule has 0 saturated carbocycles. The van der Waals surface area contributed by atoms with Crippen LogP contribution in [0.25, 0.3) is 11.0 Å². The van der Waals surface area contributed by atoms with Gasteiger partial charge in [-0.3, -0.25) is 9.48 Å². The molecule has 112 valence electrons. The van der Waals surface area contributed by atoms with Gasteiger partial charge >= 0.3 is 0 Å². The first kappa shape index (κ1) is 13.8. The lowest BCUT2D eigenvalue weighted by molar-refractivity contribution is -0.134. The number of aryl methyl sites for hydroxylation is 1. The van der Waals surface area contributed by atoms with Crippen molar-refractivity contribution >= 4 is 22.8 Å². The number of nitrogens with zero attached hydrogens (tertiary/aromatic N) is 5. The number of amides is 1. The van der Waals surface area contributed by atoms with E-state index < -0.39 is 0 Å². The molecule has 0 aliphatic carbocycles. The number of anilines is 1. The third kappa shape index (κ3) is 2.68. The Balaban J connectivity index is 1.94. The van der Waals surface area contributed by atoms with Crippen molar-refractivity contribution in [3.8, 4) is 0 Å². The molecule has 0 atom stereocenters. The van der Waals surface area contributed by atoms with Gasteiger partial charge in [-0.15, -0.1) is 0 Å². The Morgan fingerprint density at radius 1 is 1.33 bits per heavy atom. The van der Waals surface area contributed by atoms with Gasteiger partial charge in [-0.1, -0.05) is 0 Å². The van der Waals surface area contributed by atoms with Gasteiger partial charge in [-0.25, -0.2) is 9.97 Å². The minimum Gasteiger partial charge on any atom is -0.370 e. The fourth-order valence-electron chi connectivity index (χ4n) is 2.64. The maximum atomic E-state index is 11.9.